The van der Waals surface area contributed by atoms with Crippen molar-refractivity contribution in [1.82, 2.24) is 0 Å². The number of nitrogens with zero attached hydrogens (tertiary/aromatic N) is 3. The third-order valence-electron chi connectivity index (χ3n) is 4.44. The van der Waals surface area contributed by atoms with Crippen molar-refractivity contribution in [2.24, 2.45) is 0 Å². The van der Waals surface area contributed by atoms with Gasteiger partial charge in [-0.2, -0.15) is 5.26 Å². The van der Waals surface area contributed by atoms with Crippen LogP contribution < -0.4 is 14.4 Å². The van der Waals surface area contributed by atoms with E-state index in [0.717, 1.165) is 17.7 Å². The van der Waals surface area contributed by atoms with Crippen molar-refractivity contribution in [1.29, 1.82) is 5.26 Å². The number of rotatable bonds is 7. The molecule has 0 fully saturated rings. The molecule has 1 heterocycles. The van der Waals surface area contributed by atoms with Crippen molar-refractivity contribution >= 4 is 34.9 Å². The van der Waals surface area contributed by atoms with Gasteiger partial charge in [-0.05, 0) is 30.7 Å². The molecule has 0 radical (unpaired) electrons. The zero-order valence-electron chi connectivity index (χ0n) is 16.3. The van der Waals surface area contributed by atoms with E-state index in [1.165, 1.54) is 4.90 Å². The van der Waals surface area contributed by atoms with E-state index in [0.29, 0.717) is 10.7 Å². The number of esters is 1. The van der Waals surface area contributed by atoms with Crippen LogP contribution in [0.4, 0.5) is 11.4 Å². The molecule has 10 nitrogen and oxygen atoms in total. The zero-order chi connectivity index (χ0) is 22.5. The Bertz CT molecular complexity index is 1100. The van der Waals surface area contributed by atoms with Gasteiger partial charge in [0.1, 0.15) is 5.56 Å². The van der Waals surface area contributed by atoms with Crippen LogP contribution in [0.1, 0.15) is 22.3 Å². The number of hydrogen-bond acceptors (Lipinski definition) is 8. The second-order valence-corrected chi connectivity index (χ2v) is 6.85. The number of nitro benzene ring substituents is 1. The van der Waals surface area contributed by atoms with Crippen LogP contribution in [-0.2, 0) is 9.53 Å². The number of carbonyl (C=O) groups is 2. The molecule has 2 aromatic carbocycles. The molecule has 1 aliphatic heterocycles. The quantitative estimate of drug-likeness (QED) is 0.360. The summed E-state index contributed by atoms with van der Waals surface area (Å²) in [5, 5.41) is 20.7. The van der Waals surface area contributed by atoms with E-state index in [1.54, 1.807) is 25.1 Å². The molecule has 0 aromatic heterocycles. The minimum absolute atomic E-state index is 0.0506. The summed E-state index contributed by atoms with van der Waals surface area (Å²) in [6.07, 6.45) is 0.0506. The fraction of sp³-hybridized carbons (Fsp3) is 0.250. The average molecular weight is 446 g/mol. The van der Waals surface area contributed by atoms with Crippen molar-refractivity contribution < 1.29 is 28.7 Å². The molecule has 11 heteroatoms. The smallest absolute Gasteiger partial charge is 0.345 e. The number of nitriles is 1. The standard InChI is InChI=1S/C20H16ClN3O7/c1-12-7-13(3-4-15(12)21)23(6-2-5-22)19(25)10-29-20(26)14-8-17-18(31-11-30-17)9-16(14)24(27)28/h3-4,7-9H,2,6,10-11H2,1H3. The predicted molar refractivity (Wildman–Crippen MR) is 108 cm³/mol. The van der Waals surface area contributed by atoms with Crippen molar-refractivity contribution in [2.45, 2.75) is 13.3 Å². The zero-order valence-corrected chi connectivity index (χ0v) is 17.0. The molecule has 160 valence electrons. The number of fused-ring (bicyclic) bond motifs is 1. The molecule has 2 aromatic rings. The van der Waals surface area contributed by atoms with Gasteiger partial charge in [0, 0.05) is 23.3 Å². The summed E-state index contributed by atoms with van der Waals surface area (Å²) in [4.78, 5) is 37.0. The maximum absolute atomic E-state index is 12.7. The van der Waals surface area contributed by atoms with Gasteiger partial charge in [-0.25, -0.2) is 4.79 Å². The van der Waals surface area contributed by atoms with Crippen molar-refractivity contribution in [3.05, 3.63) is 56.6 Å². The van der Waals surface area contributed by atoms with Crippen molar-refractivity contribution in [3.8, 4) is 17.6 Å². The number of carbonyl (C=O) groups excluding carboxylic acids is 2. The van der Waals surface area contributed by atoms with Crippen molar-refractivity contribution in [3.63, 3.8) is 0 Å². The number of aryl methyl sites for hydroxylation is 1. The molecule has 3 rings (SSSR count). The minimum Gasteiger partial charge on any atom is -0.454 e. The van der Waals surface area contributed by atoms with Gasteiger partial charge in [0.25, 0.3) is 11.6 Å². The Morgan fingerprint density at radius 3 is 2.65 bits per heavy atom. The Balaban J connectivity index is 1.78. The highest BCUT2D eigenvalue weighted by atomic mass is 35.5. The van der Waals surface area contributed by atoms with E-state index in [-0.39, 0.29) is 36.8 Å². The lowest BCUT2D eigenvalue weighted by Gasteiger charge is -2.22. The van der Waals surface area contributed by atoms with Gasteiger partial charge in [-0.15, -0.1) is 0 Å². The van der Waals surface area contributed by atoms with E-state index in [2.05, 4.69) is 0 Å². The fourth-order valence-electron chi connectivity index (χ4n) is 2.89. The number of hydrogen-bond donors (Lipinski definition) is 0. The van der Waals surface area contributed by atoms with Crippen LogP contribution in [0.3, 0.4) is 0 Å². The highest BCUT2D eigenvalue weighted by molar-refractivity contribution is 6.31. The van der Waals surface area contributed by atoms with Crippen LogP contribution in [0.5, 0.6) is 11.5 Å². The summed E-state index contributed by atoms with van der Waals surface area (Å²) in [6, 6.07) is 9.05. The van der Waals surface area contributed by atoms with Crippen LogP contribution in [0.15, 0.2) is 30.3 Å². The summed E-state index contributed by atoms with van der Waals surface area (Å²) < 4.78 is 15.3. The van der Waals surface area contributed by atoms with E-state index < -0.39 is 29.1 Å². The van der Waals surface area contributed by atoms with Crippen molar-refractivity contribution in [2.75, 3.05) is 24.8 Å². The number of ether oxygens (including phenoxy) is 3. The largest absolute Gasteiger partial charge is 0.454 e. The lowest BCUT2D eigenvalue weighted by Crippen LogP contribution is -2.35. The molecule has 1 aliphatic rings. The third-order valence-corrected chi connectivity index (χ3v) is 4.86. The van der Waals surface area contributed by atoms with Gasteiger partial charge in [-0.3, -0.25) is 14.9 Å². The van der Waals surface area contributed by atoms with Crippen LogP contribution in [0, 0.1) is 28.4 Å². The van der Waals surface area contributed by atoms with Crippen LogP contribution >= 0.6 is 11.6 Å². The first-order valence-electron chi connectivity index (χ1n) is 9.00. The summed E-state index contributed by atoms with van der Waals surface area (Å²) >= 11 is 6.02. The Morgan fingerprint density at radius 1 is 1.29 bits per heavy atom. The SMILES string of the molecule is Cc1cc(N(CCC#N)C(=O)COC(=O)c2cc3c(cc2[N+](=O)[O-])OCO3)ccc1Cl. The molecule has 0 unspecified atom stereocenters. The van der Waals surface area contributed by atoms with E-state index in [4.69, 9.17) is 31.1 Å². The monoisotopic (exact) mass is 445 g/mol. The van der Waals surface area contributed by atoms with Gasteiger partial charge in [0.05, 0.1) is 23.5 Å². The molecule has 0 saturated carbocycles. The lowest BCUT2D eigenvalue weighted by molar-refractivity contribution is -0.385. The van der Waals surface area contributed by atoms with Gasteiger partial charge in [-0.1, -0.05) is 11.6 Å². The summed E-state index contributed by atoms with van der Waals surface area (Å²) in [5.74, 6) is -1.36. The van der Waals surface area contributed by atoms with Crippen LogP contribution in [-0.4, -0.2) is 36.7 Å². The molecule has 1 amide bonds. The second-order valence-electron chi connectivity index (χ2n) is 6.44. The first-order chi connectivity index (χ1) is 14.8. The molecule has 0 N–H and O–H groups in total. The molecule has 31 heavy (non-hydrogen) atoms. The maximum Gasteiger partial charge on any atom is 0.345 e. The Labute approximate surface area is 181 Å². The minimum atomic E-state index is -1.06. The number of nitro groups is 1. The maximum atomic E-state index is 12.7. The molecule has 0 saturated heterocycles. The summed E-state index contributed by atoms with van der Waals surface area (Å²) in [7, 11) is 0. The molecule has 0 spiro atoms. The third kappa shape index (κ3) is 4.84. The first kappa shape index (κ1) is 21.9. The highest BCUT2D eigenvalue weighted by Crippen LogP contribution is 2.38. The van der Waals surface area contributed by atoms with E-state index in [1.807, 2.05) is 6.07 Å². The number of halogens is 1. The molecular formula is C20H16ClN3O7. The Kier molecular flexibility index (Phi) is 6.57. The van der Waals surface area contributed by atoms with Crippen LogP contribution in [0.25, 0.3) is 0 Å². The normalized spacial score (nSPS) is 11.5. The molecule has 0 bridgehead atoms. The number of benzene rings is 2. The van der Waals surface area contributed by atoms with E-state index in [9.17, 15) is 19.7 Å². The lowest BCUT2D eigenvalue weighted by atomic mass is 10.1. The van der Waals surface area contributed by atoms with E-state index >= 15 is 0 Å². The van der Waals surface area contributed by atoms with Gasteiger partial charge in [0.15, 0.2) is 18.1 Å². The topological polar surface area (TPSA) is 132 Å². The molecule has 0 atom stereocenters. The average Bonchev–Trinajstić information content (AvgIpc) is 3.21. The summed E-state index contributed by atoms with van der Waals surface area (Å²) in [6.45, 7) is 1.02. The first-order valence-corrected chi connectivity index (χ1v) is 9.38. The molecule has 0 aliphatic carbocycles. The van der Waals surface area contributed by atoms with Crippen LogP contribution in [0.2, 0.25) is 5.02 Å². The number of anilines is 1. The van der Waals surface area contributed by atoms with Gasteiger partial charge >= 0.3 is 5.97 Å². The predicted octanol–water partition coefficient (Wildman–Crippen LogP) is 3.39. The fourth-order valence-corrected chi connectivity index (χ4v) is 3.00. The Hall–Kier alpha value is -3.84. The highest BCUT2D eigenvalue weighted by Gasteiger charge is 2.29. The number of amides is 1. The molecular weight excluding hydrogens is 430 g/mol. The van der Waals surface area contributed by atoms with Gasteiger partial charge in [0.2, 0.25) is 6.79 Å². The second kappa shape index (κ2) is 9.32. The van der Waals surface area contributed by atoms with Gasteiger partial charge < -0.3 is 19.1 Å². The summed E-state index contributed by atoms with van der Waals surface area (Å²) in [5.41, 5.74) is 0.304. The Morgan fingerprint density at radius 2 is 2.00 bits per heavy atom.